The molecule has 0 fully saturated rings. The minimum Gasteiger partial charge on any atom is -0.364 e. The van der Waals surface area contributed by atoms with E-state index in [1.165, 1.54) is 22.5 Å². The highest BCUT2D eigenvalue weighted by Crippen LogP contribution is 2.32. The molecule has 0 aromatic heterocycles. The van der Waals surface area contributed by atoms with E-state index in [9.17, 15) is 0 Å². The zero-order valence-electron chi connectivity index (χ0n) is 7.73. The van der Waals surface area contributed by atoms with Crippen molar-refractivity contribution < 1.29 is 0 Å². The van der Waals surface area contributed by atoms with Gasteiger partial charge in [-0.1, -0.05) is 6.07 Å². The van der Waals surface area contributed by atoms with E-state index in [0.29, 0.717) is 6.17 Å². The fraction of sp³-hybridized carbons (Fsp3) is 0.400. The van der Waals surface area contributed by atoms with E-state index >= 15 is 0 Å². The third kappa shape index (κ3) is 1.04. The van der Waals surface area contributed by atoms with Gasteiger partial charge in [0.25, 0.3) is 0 Å². The summed E-state index contributed by atoms with van der Waals surface area (Å²) >= 11 is 0. The van der Waals surface area contributed by atoms with Gasteiger partial charge >= 0.3 is 0 Å². The van der Waals surface area contributed by atoms with Crippen LogP contribution in [0, 0.1) is 13.8 Å². The van der Waals surface area contributed by atoms with E-state index in [0.717, 1.165) is 0 Å². The maximum Gasteiger partial charge on any atom is 0.0935 e. The summed E-state index contributed by atoms with van der Waals surface area (Å²) in [7, 11) is 0. The number of benzene rings is 1. The number of hydrogen-bond acceptors (Lipinski definition) is 2. The zero-order chi connectivity index (χ0) is 8.72. The topological polar surface area (TPSA) is 24.1 Å². The molecular weight excluding hydrogens is 148 g/mol. The number of nitrogens with one attached hydrogen (secondary N) is 2. The maximum absolute atomic E-state index is 3.38. The Morgan fingerprint density at radius 1 is 1.17 bits per heavy atom. The molecule has 1 heterocycles. The number of fused-ring (bicyclic) bond motifs is 1. The molecule has 2 N–H and O–H groups in total. The molecule has 0 amide bonds. The Morgan fingerprint density at radius 3 is 2.67 bits per heavy atom. The van der Waals surface area contributed by atoms with Gasteiger partial charge in [-0.2, -0.15) is 0 Å². The highest BCUT2D eigenvalue weighted by atomic mass is 15.2. The second kappa shape index (κ2) is 2.41. The zero-order valence-corrected chi connectivity index (χ0v) is 7.73. The van der Waals surface area contributed by atoms with Crippen LogP contribution in [0.3, 0.4) is 0 Å². The van der Waals surface area contributed by atoms with E-state index in [4.69, 9.17) is 0 Å². The van der Waals surface area contributed by atoms with Crippen LogP contribution in [0.15, 0.2) is 12.1 Å². The van der Waals surface area contributed by atoms with Gasteiger partial charge in [0.2, 0.25) is 0 Å². The van der Waals surface area contributed by atoms with Crippen LogP contribution in [0.1, 0.15) is 18.1 Å². The molecule has 1 aromatic carbocycles. The molecule has 2 heteroatoms. The van der Waals surface area contributed by atoms with E-state index in [2.05, 4.69) is 43.5 Å². The largest absolute Gasteiger partial charge is 0.364 e. The van der Waals surface area contributed by atoms with Crippen LogP contribution in [-0.2, 0) is 0 Å². The first-order valence-corrected chi connectivity index (χ1v) is 4.31. The van der Waals surface area contributed by atoms with Crippen molar-refractivity contribution in [1.29, 1.82) is 0 Å². The summed E-state index contributed by atoms with van der Waals surface area (Å²) in [5.41, 5.74) is 5.13. The quantitative estimate of drug-likeness (QED) is 0.612. The minimum absolute atomic E-state index is 0.362. The Bertz CT molecular complexity index is 318. The Kier molecular flexibility index (Phi) is 1.50. The first-order valence-electron chi connectivity index (χ1n) is 4.31. The van der Waals surface area contributed by atoms with E-state index in [-0.39, 0.29) is 0 Å². The first kappa shape index (κ1) is 7.47. The number of hydrogen-bond donors (Lipinski definition) is 2. The Hall–Kier alpha value is -1.18. The van der Waals surface area contributed by atoms with Gasteiger partial charge in [0.15, 0.2) is 0 Å². The monoisotopic (exact) mass is 162 g/mol. The smallest absolute Gasteiger partial charge is 0.0935 e. The van der Waals surface area contributed by atoms with Gasteiger partial charge in [-0.15, -0.1) is 0 Å². The highest BCUT2D eigenvalue weighted by Gasteiger charge is 2.16. The Morgan fingerprint density at radius 2 is 1.92 bits per heavy atom. The molecule has 1 unspecified atom stereocenters. The molecule has 1 aliphatic rings. The summed E-state index contributed by atoms with van der Waals surface area (Å²) in [5, 5.41) is 6.75. The summed E-state index contributed by atoms with van der Waals surface area (Å²) in [6.07, 6.45) is 0.362. The minimum atomic E-state index is 0.362. The lowest BCUT2D eigenvalue weighted by atomic mass is 10.1. The number of anilines is 2. The molecule has 2 nitrogen and oxygen atoms in total. The van der Waals surface area contributed by atoms with Gasteiger partial charge in [0.1, 0.15) is 0 Å². The van der Waals surface area contributed by atoms with Crippen molar-refractivity contribution in [1.82, 2.24) is 0 Å². The molecule has 1 aromatic rings. The molecule has 1 aliphatic heterocycles. The van der Waals surface area contributed by atoms with Gasteiger partial charge in [0.05, 0.1) is 17.5 Å². The SMILES string of the molecule is Cc1cc(C)c2c(c1)NC(C)N2. The molecule has 2 rings (SSSR count). The lowest BCUT2D eigenvalue weighted by Gasteiger charge is -2.04. The fourth-order valence-corrected chi connectivity index (χ4v) is 1.76. The van der Waals surface area contributed by atoms with Crippen LogP contribution in [0.25, 0.3) is 0 Å². The number of aryl methyl sites for hydroxylation is 2. The van der Waals surface area contributed by atoms with Crippen molar-refractivity contribution in [3.63, 3.8) is 0 Å². The average molecular weight is 162 g/mol. The van der Waals surface area contributed by atoms with Crippen molar-refractivity contribution in [3.8, 4) is 0 Å². The average Bonchev–Trinajstić information content (AvgIpc) is 2.29. The van der Waals surface area contributed by atoms with Crippen molar-refractivity contribution in [2.75, 3.05) is 10.6 Å². The third-order valence-electron chi connectivity index (χ3n) is 2.21. The summed E-state index contributed by atoms with van der Waals surface area (Å²) in [6, 6.07) is 4.38. The van der Waals surface area contributed by atoms with Crippen molar-refractivity contribution in [2.45, 2.75) is 26.9 Å². The van der Waals surface area contributed by atoms with Crippen LogP contribution in [0.4, 0.5) is 11.4 Å². The van der Waals surface area contributed by atoms with Gasteiger partial charge in [-0.3, -0.25) is 0 Å². The first-order chi connectivity index (χ1) is 5.66. The highest BCUT2D eigenvalue weighted by molar-refractivity contribution is 5.78. The molecule has 0 spiro atoms. The Labute approximate surface area is 73.0 Å². The second-order valence-electron chi connectivity index (χ2n) is 3.51. The number of rotatable bonds is 0. The molecule has 0 saturated carbocycles. The van der Waals surface area contributed by atoms with Gasteiger partial charge in [0, 0.05) is 0 Å². The van der Waals surface area contributed by atoms with Crippen LogP contribution >= 0.6 is 0 Å². The molecule has 0 bridgehead atoms. The predicted molar refractivity (Wildman–Crippen MR) is 52.6 cm³/mol. The van der Waals surface area contributed by atoms with Crippen molar-refractivity contribution >= 4 is 11.4 Å². The van der Waals surface area contributed by atoms with Crippen LogP contribution in [0.5, 0.6) is 0 Å². The standard InChI is InChI=1S/C10H14N2/c1-6-4-7(2)10-9(5-6)11-8(3)12-10/h4-5,8,11-12H,1-3H3. The van der Waals surface area contributed by atoms with Crippen molar-refractivity contribution in [3.05, 3.63) is 23.3 Å². The van der Waals surface area contributed by atoms with Crippen LogP contribution in [0.2, 0.25) is 0 Å². The molecular formula is C10H14N2. The molecule has 1 atom stereocenters. The predicted octanol–water partition coefficient (Wildman–Crippen LogP) is 2.49. The third-order valence-corrected chi connectivity index (χ3v) is 2.21. The maximum atomic E-state index is 3.38. The fourth-order valence-electron chi connectivity index (χ4n) is 1.76. The van der Waals surface area contributed by atoms with Crippen LogP contribution in [-0.4, -0.2) is 6.17 Å². The molecule has 0 saturated heterocycles. The van der Waals surface area contributed by atoms with E-state index < -0.39 is 0 Å². The molecule has 12 heavy (non-hydrogen) atoms. The normalized spacial score (nSPS) is 19.8. The molecule has 0 radical (unpaired) electrons. The van der Waals surface area contributed by atoms with Crippen molar-refractivity contribution in [2.24, 2.45) is 0 Å². The summed E-state index contributed by atoms with van der Waals surface area (Å²) < 4.78 is 0. The van der Waals surface area contributed by atoms with Gasteiger partial charge in [-0.05, 0) is 38.0 Å². The van der Waals surface area contributed by atoms with Gasteiger partial charge in [-0.25, -0.2) is 0 Å². The van der Waals surface area contributed by atoms with E-state index in [1.807, 2.05) is 0 Å². The van der Waals surface area contributed by atoms with Gasteiger partial charge < -0.3 is 10.6 Å². The summed E-state index contributed by atoms with van der Waals surface area (Å²) in [5.74, 6) is 0. The molecule has 64 valence electrons. The van der Waals surface area contributed by atoms with E-state index in [1.54, 1.807) is 0 Å². The lowest BCUT2D eigenvalue weighted by Crippen LogP contribution is -2.16. The summed E-state index contributed by atoms with van der Waals surface area (Å²) in [6.45, 7) is 6.38. The summed E-state index contributed by atoms with van der Waals surface area (Å²) in [4.78, 5) is 0. The lowest BCUT2D eigenvalue weighted by molar-refractivity contribution is 0.955. The van der Waals surface area contributed by atoms with Crippen LogP contribution < -0.4 is 10.6 Å². The molecule has 0 aliphatic carbocycles. The Balaban J connectivity index is 2.52. The second-order valence-corrected chi connectivity index (χ2v) is 3.51.